The summed E-state index contributed by atoms with van der Waals surface area (Å²) in [6, 6.07) is 1.55. The molecule has 0 spiro atoms. The van der Waals surface area contributed by atoms with Crippen molar-refractivity contribution >= 4 is 0 Å². The second-order valence-electron chi connectivity index (χ2n) is 4.73. The summed E-state index contributed by atoms with van der Waals surface area (Å²) in [5.41, 5.74) is 6.04. The number of H-pyrrole nitrogens is 1. The Hall–Kier alpha value is -1.16. The average Bonchev–Trinajstić information content (AvgIpc) is 2.12. The molecule has 0 radical (unpaired) electrons. The van der Waals surface area contributed by atoms with E-state index in [0.717, 1.165) is 24.4 Å². The van der Waals surface area contributed by atoms with Gasteiger partial charge >= 0.3 is 0 Å². The van der Waals surface area contributed by atoms with Gasteiger partial charge in [0.15, 0.2) is 0 Å². The first-order valence-electron chi connectivity index (χ1n) is 5.24. The molecule has 1 rings (SSSR count). The zero-order chi connectivity index (χ0) is 11.5. The summed E-state index contributed by atoms with van der Waals surface area (Å²) >= 11 is 0. The highest BCUT2D eigenvalue weighted by Gasteiger charge is 2.17. The van der Waals surface area contributed by atoms with Gasteiger partial charge in [-0.25, -0.2) is 4.98 Å². The van der Waals surface area contributed by atoms with Crippen LogP contribution in [0, 0.1) is 0 Å². The van der Waals surface area contributed by atoms with E-state index in [2.05, 4.69) is 9.97 Å². The number of aryl methyl sites for hydroxylation is 1. The summed E-state index contributed by atoms with van der Waals surface area (Å²) in [5, 5.41) is 0. The third-order valence-corrected chi connectivity index (χ3v) is 2.14. The number of aromatic nitrogens is 2. The summed E-state index contributed by atoms with van der Waals surface area (Å²) < 4.78 is 0. The van der Waals surface area contributed by atoms with Crippen LogP contribution in [-0.2, 0) is 11.8 Å². The standard InChI is InChI=1S/C11H19N3O/c1-11(2,3)10-13-8(5-4-6-12)7-9(15)14-10/h7H,4-6,12H2,1-3H3,(H,13,14,15). The molecule has 0 unspecified atom stereocenters. The molecule has 1 aromatic heterocycles. The van der Waals surface area contributed by atoms with E-state index in [1.807, 2.05) is 20.8 Å². The Morgan fingerprint density at radius 2 is 2.13 bits per heavy atom. The molecule has 0 saturated carbocycles. The highest BCUT2D eigenvalue weighted by Crippen LogP contribution is 2.16. The molecule has 3 N–H and O–H groups in total. The Kier molecular flexibility index (Phi) is 3.63. The molecular formula is C11H19N3O. The minimum Gasteiger partial charge on any atom is -0.330 e. The number of nitrogens with one attached hydrogen (secondary N) is 1. The van der Waals surface area contributed by atoms with Gasteiger partial charge in [0.05, 0.1) is 0 Å². The number of hydrogen-bond acceptors (Lipinski definition) is 3. The monoisotopic (exact) mass is 209 g/mol. The van der Waals surface area contributed by atoms with Crippen molar-refractivity contribution in [2.45, 2.75) is 39.0 Å². The maximum absolute atomic E-state index is 11.4. The summed E-state index contributed by atoms with van der Waals surface area (Å²) in [7, 11) is 0. The maximum Gasteiger partial charge on any atom is 0.251 e. The summed E-state index contributed by atoms with van der Waals surface area (Å²) in [6.45, 7) is 6.70. The molecule has 0 amide bonds. The van der Waals surface area contributed by atoms with Gasteiger partial charge in [0.25, 0.3) is 5.56 Å². The molecule has 4 nitrogen and oxygen atoms in total. The van der Waals surface area contributed by atoms with E-state index < -0.39 is 0 Å². The van der Waals surface area contributed by atoms with Gasteiger partial charge in [-0.2, -0.15) is 0 Å². The molecular weight excluding hydrogens is 190 g/mol. The van der Waals surface area contributed by atoms with E-state index in [9.17, 15) is 4.79 Å². The smallest absolute Gasteiger partial charge is 0.251 e. The Labute approximate surface area is 89.9 Å². The Morgan fingerprint density at radius 1 is 1.47 bits per heavy atom. The molecule has 0 saturated heterocycles. The first kappa shape index (κ1) is 11.9. The molecule has 0 aliphatic rings. The van der Waals surface area contributed by atoms with Gasteiger partial charge in [0, 0.05) is 17.2 Å². The summed E-state index contributed by atoms with van der Waals surface area (Å²) in [4.78, 5) is 18.6. The number of aromatic amines is 1. The second kappa shape index (κ2) is 4.57. The van der Waals surface area contributed by atoms with Gasteiger partial charge in [-0.05, 0) is 19.4 Å². The third kappa shape index (κ3) is 3.47. The van der Waals surface area contributed by atoms with E-state index in [0.29, 0.717) is 6.54 Å². The van der Waals surface area contributed by atoms with Gasteiger partial charge in [-0.3, -0.25) is 4.79 Å². The van der Waals surface area contributed by atoms with Crippen LogP contribution in [0.5, 0.6) is 0 Å². The molecule has 0 aliphatic heterocycles. The molecule has 0 aliphatic carbocycles. The fourth-order valence-electron chi connectivity index (χ4n) is 1.27. The van der Waals surface area contributed by atoms with E-state index in [1.165, 1.54) is 0 Å². The lowest BCUT2D eigenvalue weighted by Crippen LogP contribution is -2.23. The van der Waals surface area contributed by atoms with Crippen molar-refractivity contribution in [3.05, 3.63) is 27.9 Å². The normalized spacial score (nSPS) is 11.7. The Balaban J connectivity index is 3.01. The van der Waals surface area contributed by atoms with Crippen molar-refractivity contribution in [1.29, 1.82) is 0 Å². The third-order valence-electron chi connectivity index (χ3n) is 2.14. The first-order chi connectivity index (χ1) is 6.93. The fourth-order valence-corrected chi connectivity index (χ4v) is 1.27. The zero-order valence-electron chi connectivity index (χ0n) is 9.63. The van der Waals surface area contributed by atoms with Crippen molar-refractivity contribution < 1.29 is 0 Å². The quantitative estimate of drug-likeness (QED) is 0.778. The summed E-state index contributed by atoms with van der Waals surface area (Å²) in [5.74, 6) is 0.738. The minimum atomic E-state index is -0.127. The van der Waals surface area contributed by atoms with E-state index in [1.54, 1.807) is 6.07 Å². The predicted molar refractivity (Wildman–Crippen MR) is 60.9 cm³/mol. The molecule has 84 valence electrons. The molecule has 0 atom stereocenters. The van der Waals surface area contributed by atoms with Crippen LogP contribution in [0.1, 0.15) is 38.7 Å². The lowest BCUT2D eigenvalue weighted by Gasteiger charge is -2.17. The van der Waals surface area contributed by atoms with Gasteiger partial charge in [0.2, 0.25) is 0 Å². The molecule has 4 heteroatoms. The van der Waals surface area contributed by atoms with Crippen molar-refractivity contribution in [2.75, 3.05) is 6.54 Å². The van der Waals surface area contributed by atoms with Crippen LogP contribution in [0.25, 0.3) is 0 Å². The van der Waals surface area contributed by atoms with Gasteiger partial charge in [-0.15, -0.1) is 0 Å². The van der Waals surface area contributed by atoms with Crippen LogP contribution in [0.4, 0.5) is 0 Å². The lowest BCUT2D eigenvalue weighted by molar-refractivity contribution is 0.537. The number of nitrogens with zero attached hydrogens (tertiary/aromatic N) is 1. The minimum absolute atomic E-state index is 0.0815. The van der Waals surface area contributed by atoms with Gasteiger partial charge in [-0.1, -0.05) is 20.8 Å². The topological polar surface area (TPSA) is 71.8 Å². The predicted octanol–water partition coefficient (Wildman–Crippen LogP) is 0.959. The van der Waals surface area contributed by atoms with Crippen molar-refractivity contribution in [3.8, 4) is 0 Å². The van der Waals surface area contributed by atoms with Crippen LogP contribution >= 0.6 is 0 Å². The molecule has 1 heterocycles. The lowest BCUT2D eigenvalue weighted by atomic mass is 9.95. The second-order valence-corrected chi connectivity index (χ2v) is 4.73. The van der Waals surface area contributed by atoms with Crippen LogP contribution in [0.15, 0.2) is 10.9 Å². The van der Waals surface area contributed by atoms with Crippen LogP contribution in [-0.4, -0.2) is 16.5 Å². The van der Waals surface area contributed by atoms with E-state index in [-0.39, 0.29) is 11.0 Å². The van der Waals surface area contributed by atoms with Crippen LogP contribution < -0.4 is 11.3 Å². The summed E-state index contributed by atoms with van der Waals surface area (Å²) in [6.07, 6.45) is 1.63. The zero-order valence-corrected chi connectivity index (χ0v) is 9.63. The molecule has 0 fully saturated rings. The fraction of sp³-hybridized carbons (Fsp3) is 0.636. The number of nitrogens with two attached hydrogens (primary N) is 1. The number of hydrogen-bond donors (Lipinski definition) is 2. The van der Waals surface area contributed by atoms with Gasteiger partial charge < -0.3 is 10.7 Å². The SMILES string of the molecule is CC(C)(C)c1nc(CCCN)cc(=O)[nH]1. The highest BCUT2D eigenvalue weighted by atomic mass is 16.1. The molecule has 15 heavy (non-hydrogen) atoms. The Bertz CT molecular complexity index is 376. The van der Waals surface area contributed by atoms with Crippen molar-refractivity contribution in [2.24, 2.45) is 5.73 Å². The average molecular weight is 209 g/mol. The largest absolute Gasteiger partial charge is 0.330 e. The molecule has 0 bridgehead atoms. The van der Waals surface area contributed by atoms with E-state index >= 15 is 0 Å². The van der Waals surface area contributed by atoms with E-state index in [4.69, 9.17) is 5.73 Å². The maximum atomic E-state index is 11.4. The van der Waals surface area contributed by atoms with Crippen LogP contribution in [0.2, 0.25) is 0 Å². The molecule has 1 aromatic rings. The van der Waals surface area contributed by atoms with Crippen molar-refractivity contribution in [3.63, 3.8) is 0 Å². The highest BCUT2D eigenvalue weighted by molar-refractivity contribution is 5.08. The number of rotatable bonds is 3. The van der Waals surface area contributed by atoms with Crippen LogP contribution in [0.3, 0.4) is 0 Å². The Morgan fingerprint density at radius 3 is 2.67 bits per heavy atom. The first-order valence-corrected chi connectivity index (χ1v) is 5.24. The van der Waals surface area contributed by atoms with Crippen molar-refractivity contribution in [1.82, 2.24) is 9.97 Å². The van der Waals surface area contributed by atoms with Gasteiger partial charge in [0.1, 0.15) is 5.82 Å². The molecule has 0 aromatic carbocycles.